The zero-order valence-corrected chi connectivity index (χ0v) is 15.0. The molecule has 0 aliphatic rings. The quantitative estimate of drug-likeness (QED) is 0.767. The van der Waals surface area contributed by atoms with E-state index in [0.29, 0.717) is 5.69 Å². The number of rotatable bonds is 5. The van der Waals surface area contributed by atoms with Gasteiger partial charge in [0.1, 0.15) is 9.77 Å². The third-order valence-corrected chi connectivity index (χ3v) is 5.58. The van der Waals surface area contributed by atoms with Gasteiger partial charge in [-0.2, -0.15) is 0 Å². The minimum absolute atomic E-state index is 0.0223. The van der Waals surface area contributed by atoms with Crippen LogP contribution in [0.5, 0.6) is 0 Å². The molecule has 1 amide bonds. The molecule has 10 heteroatoms. The van der Waals surface area contributed by atoms with E-state index in [2.05, 4.69) is 14.8 Å². The largest absolute Gasteiger partial charge is 0.465 e. The standard InChI is InChI=1S/C14H13ClN2O5S2/c1-8(18)16-11-4-3-9(7-10(11)15)17-24(20,21)12-5-6-23-13(12)14(19)22-2/h3-7,17H,1-2H3,(H,16,18). The second-order valence-corrected chi connectivity index (χ2v) is 7.56. The molecule has 1 heterocycles. The van der Waals surface area contributed by atoms with Crippen LogP contribution in [0, 0.1) is 0 Å². The van der Waals surface area contributed by atoms with Crippen molar-refractivity contribution in [3.8, 4) is 0 Å². The van der Waals surface area contributed by atoms with Crippen molar-refractivity contribution in [1.29, 1.82) is 0 Å². The fourth-order valence-electron chi connectivity index (χ4n) is 1.83. The van der Waals surface area contributed by atoms with E-state index >= 15 is 0 Å². The lowest BCUT2D eigenvalue weighted by Crippen LogP contribution is -2.16. The van der Waals surface area contributed by atoms with Crippen molar-refractivity contribution in [2.45, 2.75) is 11.8 Å². The van der Waals surface area contributed by atoms with Gasteiger partial charge in [-0.25, -0.2) is 13.2 Å². The number of carbonyl (C=O) groups excluding carboxylic acids is 2. The van der Waals surface area contributed by atoms with E-state index < -0.39 is 16.0 Å². The molecular formula is C14H13ClN2O5S2. The molecule has 0 bridgehead atoms. The Morgan fingerprint density at radius 3 is 2.54 bits per heavy atom. The van der Waals surface area contributed by atoms with E-state index in [0.717, 1.165) is 11.3 Å². The molecule has 0 fully saturated rings. The van der Waals surface area contributed by atoms with E-state index in [1.807, 2.05) is 0 Å². The summed E-state index contributed by atoms with van der Waals surface area (Å²) < 4.78 is 31.8. The first-order valence-electron chi connectivity index (χ1n) is 6.50. The zero-order chi connectivity index (χ0) is 17.9. The van der Waals surface area contributed by atoms with Crippen molar-refractivity contribution in [1.82, 2.24) is 0 Å². The molecule has 128 valence electrons. The highest BCUT2D eigenvalue weighted by Crippen LogP contribution is 2.29. The van der Waals surface area contributed by atoms with Gasteiger partial charge in [-0.3, -0.25) is 9.52 Å². The molecule has 0 aliphatic carbocycles. The van der Waals surface area contributed by atoms with Crippen LogP contribution in [0.15, 0.2) is 34.5 Å². The second-order valence-electron chi connectivity index (χ2n) is 4.59. The number of sulfonamides is 1. The first-order valence-corrected chi connectivity index (χ1v) is 9.24. The molecule has 1 aromatic carbocycles. The lowest BCUT2D eigenvalue weighted by molar-refractivity contribution is -0.114. The summed E-state index contributed by atoms with van der Waals surface area (Å²) in [4.78, 5) is 22.5. The van der Waals surface area contributed by atoms with Crippen LogP contribution in [-0.2, 0) is 19.6 Å². The first kappa shape index (κ1) is 18.2. The Hall–Kier alpha value is -2.10. The molecule has 7 nitrogen and oxygen atoms in total. The predicted molar refractivity (Wildman–Crippen MR) is 92.2 cm³/mol. The molecule has 24 heavy (non-hydrogen) atoms. The van der Waals surface area contributed by atoms with Crippen LogP contribution in [0.25, 0.3) is 0 Å². The molecule has 2 N–H and O–H groups in total. The zero-order valence-electron chi connectivity index (χ0n) is 12.6. The van der Waals surface area contributed by atoms with Gasteiger partial charge in [-0.05, 0) is 29.6 Å². The van der Waals surface area contributed by atoms with Crippen LogP contribution in [0.4, 0.5) is 11.4 Å². The highest BCUT2D eigenvalue weighted by molar-refractivity contribution is 7.93. The molecule has 2 rings (SSSR count). The van der Waals surface area contributed by atoms with E-state index in [-0.39, 0.29) is 26.4 Å². The number of thiophene rings is 1. The summed E-state index contributed by atoms with van der Waals surface area (Å²) in [6.45, 7) is 1.33. The maximum absolute atomic E-state index is 12.5. The molecular weight excluding hydrogens is 376 g/mol. The van der Waals surface area contributed by atoms with Gasteiger partial charge in [0.15, 0.2) is 0 Å². The van der Waals surface area contributed by atoms with Crippen molar-refractivity contribution >= 4 is 56.2 Å². The number of hydrogen-bond acceptors (Lipinski definition) is 6. The average Bonchev–Trinajstić information content (AvgIpc) is 2.99. The summed E-state index contributed by atoms with van der Waals surface area (Å²) in [5.41, 5.74) is 0.550. The predicted octanol–water partition coefficient (Wildman–Crippen LogP) is 2.95. The second kappa shape index (κ2) is 7.20. The molecule has 0 saturated carbocycles. The van der Waals surface area contributed by atoms with Gasteiger partial charge in [0.25, 0.3) is 10.0 Å². The van der Waals surface area contributed by atoms with Crippen molar-refractivity contribution in [3.05, 3.63) is 39.5 Å². The van der Waals surface area contributed by atoms with Crippen molar-refractivity contribution in [2.75, 3.05) is 17.1 Å². The number of ether oxygens (including phenoxy) is 1. The highest BCUT2D eigenvalue weighted by Gasteiger charge is 2.25. The summed E-state index contributed by atoms with van der Waals surface area (Å²) >= 11 is 6.97. The molecule has 0 unspecified atom stereocenters. The summed E-state index contributed by atoms with van der Waals surface area (Å²) in [5.74, 6) is -1.03. The number of carbonyl (C=O) groups is 2. The number of halogens is 1. The average molecular weight is 389 g/mol. The van der Waals surface area contributed by atoms with Gasteiger partial charge in [0, 0.05) is 6.92 Å². The van der Waals surface area contributed by atoms with Gasteiger partial charge in [-0.1, -0.05) is 11.6 Å². The maximum Gasteiger partial charge on any atom is 0.349 e. The van der Waals surface area contributed by atoms with E-state index in [1.54, 1.807) is 0 Å². The minimum atomic E-state index is -3.99. The maximum atomic E-state index is 12.5. The fourth-order valence-corrected chi connectivity index (χ4v) is 4.44. The Morgan fingerprint density at radius 2 is 1.96 bits per heavy atom. The van der Waals surface area contributed by atoms with Gasteiger partial charge < -0.3 is 10.1 Å². The molecule has 2 aromatic rings. The highest BCUT2D eigenvalue weighted by atomic mass is 35.5. The van der Waals surface area contributed by atoms with Gasteiger partial charge in [0.05, 0.1) is 23.5 Å². The normalized spacial score (nSPS) is 11.0. The minimum Gasteiger partial charge on any atom is -0.465 e. The smallest absolute Gasteiger partial charge is 0.349 e. The molecule has 0 atom stereocenters. The van der Waals surface area contributed by atoms with Crippen LogP contribution in [-0.4, -0.2) is 27.4 Å². The summed E-state index contributed by atoms with van der Waals surface area (Å²) in [7, 11) is -2.82. The Morgan fingerprint density at radius 1 is 1.25 bits per heavy atom. The van der Waals surface area contributed by atoms with Gasteiger partial charge in [-0.15, -0.1) is 11.3 Å². The van der Waals surface area contributed by atoms with Gasteiger partial charge >= 0.3 is 5.97 Å². The van der Waals surface area contributed by atoms with Crippen LogP contribution >= 0.6 is 22.9 Å². The summed E-state index contributed by atoms with van der Waals surface area (Å²) in [6.07, 6.45) is 0. The number of esters is 1. The van der Waals surface area contributed by atoms with Crippen LogP contribution in [0.3, 0.4) is 0 Å². The molecule has 1 aromatic heterocycles. The van der Waals surface area contributed by atoms with Crippen molar-refractivity contribution < 1.29 is 22.7 Å². The fraction of sp³-hybridized carbons (Fsp3) is 0.143. The Labute approximate surface area is 147 Å². The van der Waals surface area contributed by atoms with Gasteiger partial charge in [0.2, 0.25) is 5.91 Å². The van der Waals surface area contributed by atoms with E-state index in [4.69, 9.17) is 11.6 Å². The molecule has 0 saturated heterocycles. The number of methoxy groups -OCH3 is 1. The van der Waals surface area contributed by atoms with Crippen molar-refractivity contribution in [2.24, 2.45) is 0 Å². The SMILES string of the molecule is COC(=O)c1sccc1S(=O)(=O)Nc1ccc(NC(C)=O)c(Cl)c1. The number of benzene rings is 1. The third-order valence-electron chi connectivity index (χ3n) is 2.82. The molecule has 0 radical (unpaired) electrons. The number of hydrogen-bond donors (Lipinski definition) is 2. The summed E-state index contributed by atoms with van der Waals surface area (Å²) in [6, 6.07) is 5.58. The molecule has 0 aliphatic heterocycles. The van der Waals surface area contributed by atoms with Crippen LogP contribution < -0.4 is 10.0 Å². The van der Waals surface area contributed by atoms with E-state index in [1.165, 1.54) is 43.7 Å². The Balaban J connectivity index is 2.30. The Bertz CT molecular complexity index is 892. The monoisotopic (exact) mass is 388 g/mol. The van der Waals surface area contributed by atoms with E-state index in [9.17, 15) is 18.0 Å². The number of nitrogens with one attached hydrogen (secondary N) is 2. The van der Waals surface area contributed by atoms with Crippen molar-refractivity contribution in [3.63, 3.8) is 0 Å². The topological polar surface area (TPSA) is 102 Å². The summed E-state index contributed by atoms with van der Waals surface area (Å²) in [5, 5.41) is 4.16. The van der Waals surface area contributed by atoms with Crippen LogP contribution in [0.1, 0.15) is 16.6 Å². The first-order chi connectivity index (χ1) is 11.2. The third kappa shape index (κ3) is 4.05. The Kier molecular flexibility index (Phi) is 5.47. The number of anilines is 2. The molecule has 0 spiro atoms. The van der Waals surface area contributed by atoms with Crippen LogP contribution in [0.2, 0.25) is 5.02 Å². The number of amides is 1. The lowest BCUT2D eigenvalue weighted by Gasteiger charge is -2.10. The lowest BCUT2D eigenvalue weighted by atomic mass is 10.3.